The van der Waals surface area contributed by atoms with Gasteiger partial charge in [-0.3, -0.25) is 9.89 Å². The summed E-state index contributed by atoms with van der Waals surface area (Å²) >= 11 is 0. The zero-order valence-corrected chi connectivity index (χ0v) is 17.3. The lowest BCUT2D eigenvalue weighted by Crippen LogP contribution is -2.11. The van der Waals surface area contributed by atoms with Gasteiger partial charge in [0, 0.05) is 16.8 Å². The first-order valence-electron chi connectivity index (χ1n) is 9.31. The second kappa shape index (κ2) is 10.6. The number of benzene rings is 2. The van der Waals surface area contributed by atoms with Crippen molar-refractivity contribution in [3.63, 3.8) is 0 Å². The Morgan fingerprint density at radius 1 is 1.14 bits per heavy atom. The van der Waals surface area contributed by atoms with Gasteiger partial charge in [0.1, 0.15) is 11.6 Å². The van der Waals surface area contributed by atoms with Crippen LogP contribution in [-0.2, 0) is 6.54 Å². The first-order valence-corrected chi connectivity index (χ1v) is 9.31. The molecule has 0 saturated heterocycles. The molecule has 1 amide bonds. The number of H-pyrrole nitrogens is 1. The van der Waals surface area contributed by atoms with E-state index in [-0.39, 0.29) is 18.3 Å². The van der Waals surface area contributed by atoms with Gasteiger partial charge >= 0.3 is 0 Å². The van der Waals surface area contributed by atoms with Crippen molar-refractivity contribution in [2.75, 3.05) is 11.9 Å². The molecule has 1 heterocycles. The van der Waals surface area contributed by atoms with E-state index in [4.69, 9.17) is 10.5 Å². The van der Waals surface area contributed by atoms with Gasteiger partial charge in [-0.05, 0) is 60.9 Å². The van der Waals surface area contributed by atoms with E-state index < -0.39 is 0 Å². The van der Waals surface area contributed by atoms with Crippen LogP contribution in [0.5, 0.6) is 5.75 Å². The molecule has 0 radical (unpaired) electrons. The Labute approximate surface area is 176 Å². The van der Waals surface area contributed by atoms with Gasteiger partial charge in [-0.25, -0.2) is 4.98 Å². The number of anilines is 1. The molecule has 0 unspecified atom stereocenters. The second-order valence-electron chi connectivity index (χ2n) is 6.90. The van der Waals surface area contributed by atoms with Crippen molar-refractivity contribution in [1.82, 2.24) is 15.2 Å². The van der Waals surface area contributed by atoms with Crippen LogP contribution in [0.4, 0.5) is 5.69 Å². The first-order chi connectivity index (χ1) is 13.5. The summed E-state index contributed by atoms with van der Waals surface area (Å²) in [6.07, 6.45) is 1.000. The van der Waals surface area contributed by atoms with Crippen molar-refractivity contribution in [1.29, 1.82) is 0 Å². The lowest BCUT2D eigenvalue weighted by molar-refractivity contribution is 0.102. The number of carbonyl (C=O) groups excluding carboxylic acids is 1. The average Bonchev–Trinajstić information content (AvgIpc) is 3.18. The number of amides is 1. The van der Waals surface area contributed by atoms with Gasteiger partial charge in [-0.1, -0.05) is 13.8 Å². The lowest BCUT2D eigenvalue weighted by Gasteiger charge is -2.09. The van der Waals surface area contributed by atoms with Gasteiger partial charge in [0.15, 0.2) is 5.82 Å². The highest BCUT2D eigenvalue weighted by atomic mass is 35.5. The molecule has 0 spiro atoms. The van der Waals surface area contributed by atoms with Crippen molar-refractivity contribution >= 4 is 24.0 Å². The third-order valence-electron chi connectivity index (χ3n) is 4.21. The Bertz CT molecular complexity index is 908. The van der Waals surface area contributed by atoms with Crippen molar-refractivity contribution in [3.8, 4) is 17.1 Å². The number of hydrogen-bond donors (Lipinski definition) is 3. The lowest BCUT2D eigenvalue weighted by atomic mass is 10.1. The van der Waals surface area contributed by atoms with Crippen molar-refractivity contribution in [2.45, 2.75) is 26.8 Å². The summed E-state index contributed by atoms with van der Waals surface area (Å²) in [6.45, 7) is 5.30. The highest BCUT2D eigenvalue weighted by Gasteiger charge is 2.08. The zero-order valence-electron chi connectivity index (χ0n) is 16.5. The molecule has 8 heteroatoms. The van der Waals surface area contributed by atoms with Crippen LogP contribution in [0.1, 0.15) is 36.5 Å². The standard InChI is InChI=1S/C21H25N5O2.ClH/c1-14(2)11-12-28-18-9-5-16(6-10-18)21(27)23-17-7-3-15(4-8-17)20-24-19(13-22)25-26-20;/h3-10,14H,11-13,22H2,1-2H3,(H,23,27)(H,24,25,26);1H. The number of aromatic nitrogens is 3. The Morgan fingerprint density at radius 2 is 1.83 bits per heavy atom. The van der Waals surface area contributed by atoms with E-state index in [0.717, 1.165) is 17.7 Å². The molecule has 3 aromatic rings. The molecule has 154 valence electrons. The molecule has 1 aromatic heterocycles. The first kappa shape index (κ1) is 22.4. The molecular weight excluding hydrogens is 390 g/mol. The van der Waals surface area contributed by atoms with E-state index in [1.54, 1.807) is 12.1 Å². The van der Waals surface area contributed by atoms with Gasteiger partial charge < -0.3 is 15.8 Å². The zero-order chi connectivity index (χ0) is 19.9. The number of nitrogens with two attached hydrogens (primary N) is 1. The molecule has 0 saturated carbocycles. The molecular formula is C21H26ClN5O2. The fourth-order valence-electron chi connectivity index (χ4n) is 2.54. The van der Waals surface area contributed by atoms with Gasteiger partial charge in [0.2, 0.25) is 0 Å². The number of rotatable bonds is 8. The minimum absolute atomic E-state index is 0. The number of halogens is 1. The summed E-state index contributed by atoms with van der Waals surface area (Å²) in [5.74, 6) is 2.40. The third kappa shape index (κ3) is 6.30. The molecule has 29 heavy (non-hydrogen) atoms. The molecule has 0 bridgehead atoms. The van der Waals surface area contributed by atoms with Crippen LogP contribution in [-0.4, -0.2) is 27.7 Å². The molecule has 3 rings (SSSR count). The minimum Gasteiger partial charge on any atom is -0.494 e. The maximum Gasteiger partial charge on any atom is 0.255 e. The van der Waals surface area contributed by atoms with Crippen molar-refractivity contribution in [3.05, 3.63) is 59.9 Å². The van der Waals surface area contributed by atoms with Crippen LogP contribution in [0.3, 0.4) is 0 Å². The fourth-order valence-corrected chi connectivity index (χ4v) is 2.54. The maximum atomic E-state index is 12.4. The summed E-state index contributed by atoms with van der Waals surface area (Å²) in [6, 6.07) is 14.5. The normalized spacial score (nSPS) is 10.5. The Hall–Kier alpha value is -2.90. The van der Waals surface area contributed by atoms with E-state index in [1.165, 1.54) is 0 Å². The summed E-state index contributed by atoms with van der Waals surface area (Å²) in [4.78, 5) is 16.7. The Morgan fingerprint density at radius 3 is 2.41 bits per heavy atom. The van der Waals surface area contributed by atoms with Crippen LogP contribution in [0, 0.1) is 5.92 Å². The molecule has 4 N–H and O–H groups in total. The van der Waals surface area contributed by atoms with Crippen molar-refractivity contribution < 1.29 is 9.53 Å². The topological polar surface area (TPSA) is 106 Å². The molecule has 0 aliphatic carbocycles. The van der Waals surface area contributed by atoms with Crippen LogP contribution in [0.2, 0.25) is 0 Å². The number of nitrogens with one attached hydrogen (secondary N) is 2. The Kier molecular flexibility index (Phi) is 8.18. The Balaban J connectivity index is 0.00000300. The quantitative estimate of drug-likeness (QED) is 0.515. The molecule has 0 aliphatic rings. The monoisotopic (exact) mass is 415 g/mol. The third-order valence-corrected chi connectivity index (χ3v) is 4.21. The van der Waals surface area contributed by atoms with E-state index >= 15 is 0 Å². The predicted octanol–water partition coefficient (Wildman–Crippen LogP) is 4.03. The molecule has 2 aromatic carbocycles. The maximum absolute atomic E-state index is 12.4. The van der Waals surface area contributed by atoms with Crippen LogP contribution < -0.4 is 15.8 Å². The second-order valence-corrected chi connectivity index (χ2v) is 6.90. The highest BCUT2D eigenvalue weighted by molar-refractivity contribution is 6.04. The average molecular weight is 416 g/mol. The summed E-state index contributed by atoms with van der Waals surface area (Å²) in [5.41, 5.74) is 7.64. The summed E-state index contributed by atoms with van der Waals surface area (Å²) < 4.78 is 5.68. The van der Waals surface area contributed by atoms with Crippen LogP contribution in [0.15, 0.2) is 48.5 Å². The number of hydrogen-bond acceptors (Lipinski definition) is 5. The number of aromatic amines is 1. The van der Waals surface area contributed by atoms with Crippen LogP contribution in [0.25, 0.3) is 11.4 Å². The van der Waals surface area contributed by atoms with E-state index in [1.807, 2.05) is 36.4 Å². The molecule has 7 nitrogen and oxygen atoms in total. The minimum atomic E-state index is -0.176. The summed E-state index contributed by atoms with van der Waals surface area (Å²) in [7, 11) is 0. The van der Waals surface area contributed by atoms with Gasteiger partial charge in [0.25, 0.3) is 5.91 Å². The van der Waals surface area contributed by atoms with Gasteiger partial charge in [0.05, 0.1) is 13.2 Å². The largest absolute Gasteiger partial charge is 0.494 e. The van der Waals surface area contributed by atoms with E-state index in [2.05, 4.69) is 34.3 Å². The van der Waals surface area contributed by atoms with E-state index in [0.29, 0.717) is 42.0 Å². The van der Waals surface area contributed by atoms with Gasteiger partial charge in [-0.15, -0.1) is 12.4 Å². The number of nitrogens with zero attached hydrogens (tertiary/aromatic N) is 2. The predicted molar refractivity (Wildman–Crippen MR) is 116 cm³/mol. The van der Waals surface area contributed by atoms with Crippen molar-refractivity contribution in [2.24, 2.45) is 11.7 Å². The van der Waals surface area contributed by atoms with Gasteiger partial charge in [-0.2, -0.15) is 5.10 Å². The highest BCUT2D eigenvalue weighted by Crippen LogP contribution is 2.19. The molecule has 0 atom stereocenters. The molecule has 0 aliphatic heterocycles. The van der Waals surface area contributed by atoms with Crippen LogP contribution >= 0.6 is 12.4 Å². The smallest absolute Gasteiger partial charge is 0.255 e. The fraction of sp³-hybridized carbons (Fsp3) is 0.286. The summed E-state index contributed by atoms with van der Waals surface area (Å²) in [5, 5.41) is 9.78. The molecule has 0 fully saturated rings. The number of ether oxygens (including phenoxy) is 1. The SMILES string of the molecule is CC(C)CCOc1ccc(C(=O)Nc2ccc(-c3n[nH]c(CN)n3)cc2)cc1.Cl. The van der Waals surface area contributed by atoms with E-state index in [9.17, 15) is 4.79 Å². The number of carbonyl (C=O) groups is 1.